The van der Waals surface area contributed by atoms with Crippen molar-refractivity contribution in [2.24, 2.45) is 0 Å². The number of ether oxygens (including phenoxy) is 1. The minimum Gasteiger partial charge on any atom is -0.466 e. The van der Waals surface area contributed by atoms with Gasteiger partial charge < -0.3 is 4.74 Å². The Kier molecular flexibility index (Phi) is 2.28. The minimum absolute atomic E-state index is 0.414. The van der Waals surface area contributed by atoms with Crippen molar-refractivity contribution in [2.45, 2.75) is 44.2 Å². The van der Waals surface area contributed by atoms with E-state index in [4.69, 9.17) is 4.74 Å². The fraction of sp³-hybridized carbons (Fsp3) is 0.900. The highest BCUT2D eigenvalue weighted by Gasteiger charge is 2.45. The molecule has 2 rings (SSSR count). The van der Waals surface area contributed by atoms with Crippen molar-refractivity contribution < 1.29 is 9.53 Å². The van der Waals surface area contributed by atoms with Crippen LogP contribution in [0.25, 0.3) is 0 Å². The number of hydrogen-bond donors (Lipinski definition) is 0. The zero-order chi connectivity index (χ0) is 9.31. The number of fused-ring (bicyclic) bond motifs is 1. The second kappa shape index (κ2) is 3.29. The molecule has 74 valence electrons. The maximum Gasteiger partial charge on any atom is 0.293 e. The van der Waals surface area contributed by atoms with Crippen molar-refractivity contribution in [1.29, 1.82) is 0 Å². The van der Waals surface area contributed by atoms with E-state index in [2.05, 4.69) is 11.8 Å². The molecule has 3 heteroatoms. The fourth-order valence-electron chi connectivity index (χ4n) is 2.89. The SMILES string of the molecule is C[C@@]12CCCN1[C@H](COC=O)CC2. The summed E-state index contributed by atoms with van der Waals surface area (Å²) in [5.41, 5.74) is 0.414. The third kappa shape index (κ3) is 1.46. The summed E-state index contributed by atoms with van der Waals surface area (Å²) in [5, 5.41) is 0. The monoisotopic (exact) mass is 183 g/mol. The van der Waals surface area contributed by atoms with Crippen LogP contribution in [0, 0.1) is 0 Å². The van der Waals surface area contributed by atoms with Gasteiger partial charge in [-0.15, -0.1) is 0 Å². The molecular weight excluding hydrogens is 166 g/mol. The van der Waals surface area contributed by atoms with Crippen LogP contribution in [-0.4, -0.2) is 36.1 Å². The molecule has 2 heterocycles. The Morgan fingerprint density at radius 1 is 1.62 bits per heavy atom. The number of hydrogen-bond acceptors (Lipinski definition) is 3. The van der Waals surface area contributed by atoms with Crippen LogP contribution < -0.4 is 0 Å². The first-order valence-electron chi connectivity index (χ1n) is 5.08. The molecule has 0 unspecified atom stereocenters. The normalized spacial score (nSPS) is 39.0. The van der Waals surface area contributed by atoms with E-state index in [1.165, 1.54) is 32.2 Å². The predicted molar refractivity (Wildman–Crippen MR) is 49.4 cm³/mol. The molecule has 2 aliphatic heterocycles. The van der Waals surface area contributed by atoms with Gasteiger partial charge in [0.05, 0.1) is 0 Å². The van der Waals surface area contributed by atoms with E-state index in [-0.39, 0.29) is 0 Å². The quantitative estimate of drug-likeness (QED) is 0.615. The predicted octanol–water partition coefficient (Wildman–Crippen LogP) is 1.18. The molecule has 2 saturated heterocycles. The summed E-state index contributed by atoms with van der Waals surface area (Å²) in [6.07, 6.45) is 5.06. The Bertz CT molecular complexity index is 207. The molecule has 2 atom stereocenters. The molecule has 0 aromatic heterocycles. The van der Waals surface area contributed by atoms with Gasteiger partial charge in [-0.2, -0.15) is 0 Å². The summed E-state index contributed by atoms with van der Waals surface area (Å²) in [4.78, 5) is 12.6. The molecule has 13 heavy (non-hydrogen) atoms. The zero-order valence-corrected chi connectivity index (χ0v) is 8.16. The summed E-state index contributed by atoms with van der Waals surface area (Å²) in [6.45, 7) is 4.66. The molecule has 2 fully saturated rings. The van der Waals surface area contributed by atoms with Gasteiger partial charge in [0.2, 0.25) is 0 Å². The Morgan fingerprint density at radius 2 is 2.46 bits per heavy atom. The first-order valence-corrected chi connectivity index (χ1v) is 5.08. The lowest BCUT2D eigenvalue weighted by Gasteiger charge is -2.30. The van der Waals surface area contributed by atoms with Gasteiger partial charge in [-0.3, -0.25) is 9.69 Å². The topological polar surface area (TPSA) is 29.5 Å². The second-order valence-electron chi connectivity index (χ2n) is 4.42. The van der Waals surface area contributed by atoms with Crippen LogP contribution in [0.15, 0.2) is 0 Å². The van der Waals surface area contributed by atoms with E-state index in [1.807, 2.05) is 0 Å². The first kappa shape index (κ1) is 9.00. The summed E-state index contributed by atoms with van der Waals surface area (Å²) in [6, 6.07) is 0.484. The largest absolute Gasteiger partial charge is 0.466 e. The van der Waals surface area contributed by atoms with Crippen molar-refractivity contribution in [3.63, 3.8) is 0 Å². The molecule has 0 bridgehead atoms. The van der Waals surface area contributed by atoms with Crippen LogP contribution in [0.3, 0.4) is 0 Å². The fourth-order valence-corrected chi connectivity index (χ4v) is 2.89. The Morgan fingerprint density at radius 3 is 3.23 bits per heavy atom. The van der Waals surface area contributed by atoms with Crippen LogP contribution in [-0.2, 0) is 9.53 Å². The molecule has 2 aliphatic rings. The number of carbonyl (C=O) groups is 1. The standard InChI is InChI=1S/C10H17NO2/c1-10-4-2-6-11(10)9(3-5-10)7-13-8-12/h8-9H,2-7H2,1H3/t9-,10-/m0/s1. The number of carbonyl (C=O) groups excluding carboxylic acids is 1. The van der Waals surface area contributed by atoms with Crippen LogP contribution in [0.5, 0.6) is 0 Å². The average Bonchev–Trinajstić information content (AvgIpc) is 2.59. The van der Waals surface area contributed by atoms with Crippen molar-refractivity contribution in [3.8, 4) is 0 Å². The van der Waals surface area contributed by atoms with E-state index in [1.54, 1.807) is 0 Å². The summed E-state index contributed by atoms with van der Waals surface area (Å²) < 4.78 is 4.85. The lowest BCUT2D eigenvalue weighted by Crippen LogP contribution is -2.41. The summed E-state index contributed by atoms with van der Waals surface area (Å²) in [7, 11) is 0. The third-order valence-electron chi connectivity index (χ3n) is 3.62. The Balaban J connectivity index is 1.96. The van der Waals surface area contributed by atoms with Gasteiger partial charge in [-0.1, -0.05) is 0 Å². The second-order valence-corrected chi connectivity index (χ2v) is 4.42. The van der Waals surface area contributed by atoms with E-state index < -0.39 is 0 Å². The maximum atomic E-state index is 10.1. The lowest BCUT2D eigenvalue weighted by atomic mass is 9.97. The average molecular weight is 183 g/mol. The molecule has 0 aromatic rings. The van der Waals surface area contributed by atoms with E-state index in [0.29, 0.717) is 24.7 Å². The Hall–Kier alpha value is -0.570. The van der Waals surface area contributed by atoms with Crippen LogP contribution >= 0.6 is 0 Å². The van der Waals surface area contributed by atoms with Crippen LogP contribution in [0.2, 0.25) is 0 Å². The molecule has 3 nitrogen and oxygen atoms in total. The highest BCUT2D eigenvalue weighted by molar-refractivity contribution is 5.37. The molecular formula is C10H17NO2. The van der Waals surface area contributed by atoms with Gasteiger partial charge in [0.15, 0.2) is 0 Å². The van der Waals surface area contributed by atoms with Crippen LogP contribution in [0.4, 0.5) is 0 Å². The number of rotatable bonds is 3. The molecule has 0 saturated carbocycles. The van der Waals surface area contributed by atoms with Gasteiger partial charge >= 0.3 is 0 Å². The molecule has 0 aliphatic carbocycles. The minimum atomic E-state index is 0.414. The highest BCUT2D eigenvalue weighted by Crippen LogP contribution is 2.41. The van der Waals surface area contributed by atoms with Crippen molar-refractivity contribution in [2.75, 3.05) is 13.2 Å². The zero-order valence-electron chi connectivity index (χ0n) is 8.16. The highest BCUT2D eigenvalue weighted by atomic mass is 16.5. The summed E-state index contributed by atoms with van der Waals surface area (Å²) >= 11 is 0. The van der Waals surface area contributed by atoms with Gasteiger partial charge in [0, 0.05) is 11.6 Å². The van der Waals surface area contributed by atoms with Gasteiger partial charge in [-0.25, -0.2) is 0 Å². The third-order valence-corrected chi connectivity index (χ3v) is 3.62. The van der Waals surface area contributed by atoms with E-state index in [0.717, 1.165) is 0 Å². The molecule has 0 amide bonds. The summed E-state index contributed by atoms with van der Waals surface area (Å²) in [5.74, 6) is 0. The van der Waals surface area contributed by atoms with Gasteiger partial charge in [0.25, 0.3) is 6.47 Å². The molecule has 0 radical (unpaired) electrons. The van der Waals surface area contributed by atoms with E-state index in [9.17, 15) is 4.79 Å². The van der Waals surface area contributed by atoms with E-state index >= 15 is 0 Å². The Labute approximate surface area is 79.0 Å². The first-order chi connectivity index (χ1) is 6.26. The number of nitrogens with zero attached hydrogens (tertiary/aromatic N) is 1. The van der Waals surface area contributed by atoms with Crippen molar-refractivity contribution in [1.82, 2.24) is 4.90 Å². The van der Waals surface area contributed by atoms with Crippen molar-refractivity contribution in [3.05, 3.63) is 0 Å². The van der Waals surface area contributed by atoms with Gasteiger partial charge in [-0.05, 0) is 39.2 Å². The molecule has 0 spiro atoms. The van der Waals surface area contributed by atoms with Gasteiger partial charge in [0.1, 0.15) is 6.61 Å². The lowest BCUT2D eigenvalue weighted by molar-refractivity contribution is -0.130. The van der Waals surface area contributed by atoms with Crippen LogP contribution in [0.1, 0.15) is 32.6 Å². The molecule has 0 N–H and O–H groups in total. The molecule has 0 aromatic carbocycles. The van der Waals surface area contributed by atoms with Crippen molar-refractivity contribution >= 4 is 6.47 Å². The maximum absolute atomic E-state index is 10.1. The smallest absolute Gasteiger partial charge is 0.293 e.